The van der Waals surface area contributed by atoms with Crippen molar-refractivity contribution in [2.45, 2.75) is 38.6 Å². The number of hydrogen-bond acceptors (Lipinski definition) is 3. The molecule has 104 valence electrons. The second kappa shape index (κ2) is 7.01. The number of nitrogens with one attached hydrogen (secondary N) is 1. The molecule has 0 heterocycles. The lowest BCUT2D eigenvalue weighted by molar-refractivity contribution is -0.385. The number of hydrogen-bond donors (Lipinski definition) is 1. The van der Waals surface area contributed by atoms with Crippen LogP contribution in [-0.4, -0.2) is 11.5 Å². The van der Waals surface area contributed by atoms with Crippen molar-refractivity contribution < 1.29 is 4.92 Å². The molecule has 1 N–H and O–H groups in total. The lowest BCUT2D eigenvalue weighted by Crippen LogP contribution is -2.24. The SMILES string of the molecule is O=[N+]([O-])c1cccc(CNCC2CCCCC2)c1Br. The summed E-state index contributed by atoms with van der Waals surface area (Å²) in [6.07, 6.45) is 6.67. The van der Waals surface area contributed by atoms with Gasteiger partial charge < -0.3 is 5.32 Å². The van der Waals surface area contributed by atoms with E-state index in [1.165, 1.54) is 38.2 Å². The molecule has 0 atom stereocenters. The Kier molecular flexibility index (Phi) is 5.34. The molecule has 5 heteroatoms. The first-order chi connectivity index (χ1) is 9.18. The number of nitrogens with zero attached hydrogens (tertiary/aromatic N) is 1. The standard InChI is InChI=1S/C14H19BrN2O2/c15-14-12(7-4-8-13(14)17(18)19)10-16-9-11-5-2-1-3-6-11/h4,7-8,11,16H,1-3,5-6,9-10H2. The van der Waals surface area contributed by atoms with Crippen molar-refractivity contribution in [3.63, 3.8) is 0 Å². The molecule has 1 fully saturated rings. The molecule has 2 rings (SSSR count). The smallest absolute Gasteiger partial charge is 0.283 e. The van der Waals surface area contributed by atoms with E-state index in [4.69, 9.17) is 0 Å². The van der Waals surface area contributed by atoms with Crippen LogP contribution in [0.3, 0.4) is 0 Å². The third kappa shape index (κ3) is 4.01. The predicted molar refractivity (Wildman–Crippen MR) is 79.1 cm³/mol. The van der Waals surface area contributed by atoms with Gasteiger partial charge in [0.1, 0.15) is 0 Å². The summed E-state index contributed by atoms with van der Waals surface area (Å²) in [5.41, 5.74) is 1.09. The molecule has 0 aromatic heterocycles. The summed E-state index contributed by atoms with van der Waals surface area (Å²) in [5, 5.41) is 14.3. The zero-order valence-corrected chi connectivity index (χ0v) is 12.5. The van der Waals surface area contributed by atoms with E-state index in [-0.39, 0.29) is 10.6 Å². The van der Waals surface area contributed by atoms with E-state index < -0.39 is 0 Å². The zero-order valence-electron chi connectivity index (χ0n) is 10.9. The number of nitro benzene ring substituents is 1. The van der Waals surface area contributed by atoms with E-state index in [1.807, 2.05) is 6.07 Å². The van der Waals surface area contributed by atoms with E-state index in [1.54, 1.807) is 6.07 Å². The van der Waals surface area contributed by atoms with E-state index in [9.17, 15) is 10.1 Å². The summed E-state index contributed by atoms with van der Waals surface area (Å²) < 4.78 is 0.594. The van der Waals surface area contributed by atoms with E-state index >= 15 is 0 Å². The molecule has 1 aromatic rings. The molecule has 1 saturated carbocycles. The Balaban J connectivity index is 1.88. The van der Waals surface area contributed by atoms with Gasteiger partial charge >= 0.3 is 0 Å². The van der Waals surface area contributed by atoms with Crippen molar-refractivity contribution >= 4 is 21.6 Å². The maximum absolute atomic E-state index is 10.9. The highest BCUT2D eigenvalue weighted by Crippen LogP contribution is 2.28. The number of nitro groups is 1. The minimum absolute atomic E-state index is 0.136. The minimum atomic E-state index is -0.352. The van der Waals surface area contributed by atoms with Crippen LogP contribution in [0.25, 0.3) is 0 Å². The molecule has 1 aromatic carbocycles. The minimum Gasteiger partial charge on any atom is -0.312 e. The van der Waals surface area contributed by atoms with Crippen molar-refractivity contribution in [3.05, 3.63) is 38.3 Å². The molecule has 0 saturated heterocycles. The monoisotopic (exact) mass is 326 g/mol. The van der Waals surface area contributed by atoms with Crippen molar-refractivity contribution in [1.82, 2.24) is 5.32 Å². The number of rotatable bonds is 5. The molecule has 0 unspecified atom stereocenters. The van der Waals surface area contributed by atoms with E-state index in [0.29, 0.717) is 11.0 Å². The van der Waals surface area contributed by atoms with Crippen molar-refractivity contribution in [1.29, 1.82) is 0 Å². The molecule has 0 bridgehead atoms. The van der Waals surface area contributed by atoms with Crippen molar-refractivity contribution in [3.8, 4) is 0 Å². The van der Waals surface area contributed by atoms with Crippen molar-refractivity contribution in [2.75, 3.05) is 6.54 Å². The first kappa shape index (κ1) is 14.5. The Labute approximate surface area is 121 Å². The summed E-state index contributed by atoms with van der Waals surface area (Å²) in [7, 11) is 0. The normalized spacial score (nSPS) is 16.5. The van der Waals surface area contributed by atoms with Gasteiger partial charge in [0.15, 0.2) is 0 Å². The summed E-state index contributed by atoms with van der Waals surface area (Å²) in [6.45, 7) is 1.69. The van der Waals surface area contributed by atoms with Crippen LogP contribution in [0.5, 0.6) is 0 Å². The second-order valence-electron chi connectivity index (χ2n) is 5.14. The summed E-state index contributed by atoms with van der Waals surface area (Å²) >= 11 is 3.33. The van der Waals surface area contributed by atoms with Gasteiger partial charge in [-0.1, -0.05) is 31.4 Å². The van der Waals surface area contributed by atoms with Crippen LogP contribution in [-0.2, 0) is 6.54 Å². The zero-order chi connectivity index (χ0) is 13.7. The van der Waals surface area contributed by atoms with E-state index in [2.05, 4.69) is 21.2 Å². The third-order valence-electron chi connectivity index (χ3n) is 3.73. The fraction of sp³-hybridized carbons (Fsp3) is 0.571. The first-order valence-electron chi connectivity index (χ1n) is 6.81. The maximum atomic E-state index is 10.9. The third-order valence-corrected chi connectivity index (χ3v) is 4.64. The molecular formula is C14H19BrN2O2. The molecule has 0 aliphatic heterocycles. The fourth-order valence-corrected chi connectivity index (χ4v) is 3.20. The highest BCUT2D eigenvalue weighted by molar-refractivity contribution is 9.10. The predicted octanol–water partition coefficient (Wildman–Crippen LogP) is 4.03. The van der Waals surface area contributed by atoms with Crippen LogP contribution in [0.1, 0.15) is 37.7 Å². The van der Waals surface area contributed by atoms with Crippen molar-refractivity contribution in [2.24, 2.45) is 5.92 Å². The topological polar surface area (TPSA) is 55.2 Å². The van der Waals surface area contributed by atoms with Crippen LogP contribution in [0.2, 0.25) is 0 Å². The maximum Gasteiger partial charge on any atom is 0.283 e. The molecule has 0 radical (unpaired) electrons. The second-order valence-corrected chi connectivity index (χ2v) is 5.94. The van der Waals surface area contributed by atoms with Gasteiger partial charge in [-0.25, -0.2) is 0 Å². The van der Waals surface area contributed by atoms with Gasteiger partial charge in [0.25, 0.3) is 5.69 Å². The lowest BCUT2D eigenvalue weighted by atomic mass is 9.89. The van der Waals surface area contributed by atoms with Crippen LogP contribution in [0, 0.1) is 16.0 Å². The van der Waals surface area contributed by atoms with Gasteiger partial charge in [-0.2, -0.15) is 0 Å². The molecular weight excluding hydrogens is 308 g/mol. The first-order valence-corrected chi connectivity index (χ1v) is 7.60. The average molecular weight is 327 g/mol. The van der Waals surface area contributed by atoms with Gasteiger partial charge in [0.05, 0.1) is 9.40 Å². The molecule has 0 spiro atoms. The average Bonchev–Trinajstić information content (AvgIpc) is 2.41. The van der Waals surface area contributed by atoms with Gasteiger partial charge in [0, 0.05) is 12.6 Å². The van der Waals surface area contributed by atoms with Gasteiger partial charge in [-0.15, -0.1) is 0 Å². The van der Waals surface area contributed by atoms with Gasteiger partial charge in [0.2, 0.25) is 0 Å². The molecule has 4 nitrogen and oxygen atoms in total. The Hall–Kier alpha value is -0.940. The molecule has 1 aliphatic carbocycles. The summed E-state index contributed by atoms with van der Waals surface area (Å²) in [5.74, 6) is 0.770. The molecule has 0 amide bonds. The number of halogens is 1. The Morgan fingerprint density at radius 2 is 2.05 bits per heavy atom. The Bertz CT molecular complexity index is 445. The Morgan fingerprint density at radius 1 is 1.32 bits per heavy atom. The highest BCUT2D eigenvalue weighted by atomic mass is 79.9. The van der Waals surface area contributed by atoms with Crippen LogP contribution in [0.15, 0.2) is 22.7 Å². The number of benzene rings is 1. The summed E-state index contributed by atoms with van der Waals surface area (Å²) in [4.78, 5) is 10.5. The highest BCUT2D eigenvalue weighted by Gasteiger charge is 2.16. The quantitative estimate of drug-likeness (QED) is 0.656. The lowest BCUT2D eigenvalue weighted by Gasteiger charge is -2.21. The van der Waals surface area contributed by atoms with Gasteiger partial charge in [-0.3, -0.25) is 10.1 Å². The van der Waals surface area contributed by atoms with Crippen LogP contribution < -0.4 is 5.32 Å². The molecule has 1 aliphatic rings. The fourth-order valence-electron chi connectivity index (χ4n) is 2.65. The van der Waals surface area contributed by atoms with Crippen LogP contribution >= 0.6 is 15.9 Å². The van der Waals surface area contributed by atoms with Gasteiger partial charge in [-0.05, 0) is 46.8 Å². The Morgan fingerprint density at radius 3 is 2.74 bits per heavy atom. The summed E-state index contributed by atoms with van der Waals surface area (Å²) in [6, 6.07) is 5.18. The van der Waals surface area contributed by atoms with E-state index in [0.717, 1.165) is 18.0 Å². The molecule has 19 heavy (non-hydrogen) atoms. The largest absolute Gasteiger partial charge is 0.312 e. The van der Waals surface area contributed by atoms with Crippen LogP contribution in [0.4, 0.5) is 5.69 Å².